The number of benzene rings is 2. The number of carbonyl (C=O) groups is 1. The normalized spacial score (nSPS) is 11.9. The first kappa shape index (κ1) is 23.1. The van der Waals surface area contributed by atoms with Crippen LogP contribution in [0.2, 0.25) is 0 Å². The van der Waals surface area contributed by atoms with Crippen LogP contribution in [0.4, 0.5) is 0 Å². The third kappa shape index (κ3) is 5.99. The third-order valence-corrected chi connectivity index (χ3v) is 5.46. The van der Waals surface area contributed by atoms with E-state index in [4.69, 9.17) is 9.15 Å². The maximum Gasteiger partial charge on any atom is 0.244 e. The molecule has 0 radical (unpaired) electrons. The van der Waals surface area contributed by atoms with Gasteiger partial charge >= 0.3 is 0 Å². The molecule has 0 aliphatic rings. The second-order valence-corrected chi connectivity index (χ2v) is 8.63. The molecule has 0 spiro atoms. The zero-order valence-corrected chi connectivity index (χ0v) is 20.1. The fourth-order valence-electron chi connectivity index (χ4n) is 3.45. The first-order valence-corrected chi connectivity index (χ1v) is 11.2. The fraction of sp³-hybridized carbons (Fsp3) is 0.320. The zero-order chi connectivity index (χ0) is 22.4. The number of allylic oxidation sites excluding steroid dienone is 1. The van der Waals surface area contributed by atoms with Crippen molar-refractivity contribution in [2.75, 3.05) is 33.8 Å². The van der Waals surface area contributed by atoms with Gasteiger partial charge in [-0.25, -0.2) is 0 Å². The molecule has 0 atom stereocenters. The Hall–Kier alpha value is -2.57. The van der Waals surface area contributed by atoms with E-state index in [-0.39, 0.29) is 5.91 Å². The number of fused-ring (bicyclic) bond motifs is 1. The summed E-state index contributed by atoms with van der Waals surface area (Å²) in [5.74, 6) is 0.609. The Kier molecular flexibility index (Phi) is 7.93. The van der Waals surface area contributed by atoms with Crippen LogP contribution in [0.5, 0.6) is 5.75 Å². The lowest BCUT2D eigenvalue weighted by molar-refractivity contribution is -0.116. The highest BCUT2D eigenvalue weighted by molar-refractivity contribution is 9.10. The molecule has 6 heteroatoms. The summed E-state index contributed by atoms with van der Waals surface area (Å²) in [6.45, 7) is 5.99. The number of furan rings is 1. The van der Waals surface area contributed by atoms with E-state index in [0.29, 0.717) is 18.9 Å². The Morgan fingerprint density at radius 1 is 1.26 bits per heavy atom. The monoisotopic (exact) mass is 484 g/mol. The SMILES string of the molecule is CCOc1cc2occ(-c3cccc(Br)c3)c2cc1/C(C)=C/C(=O)NCCCN(C)C. The maximum absolute atomic E-state index is 12.4. The minimum Gasteiger partial charge on any atom is -0.493 e. The molecule has 3 rings (SSSR count). The number of nitrogens with one attached hydrogen (secondary N) is 1. The Morgan fingerprint density at radius 3 is 2.77 bits per heavy atom. The molecule has 5 nitrogen and oxygen atoms in total. The lowest BCUT2D eigenvalue weighted by Crippen LogP contribution is -2.25. The van der Waals surface area contributed by atoms with Crippen molar-refractivity contribution < 1.29 is 13.9 Å². The standard InChI is InChI=1S/C25H29BrN2O3/c1-5-30-23-15-24-21(22(16-31-24)18-8-6-9-19(26)13-18)14-20(23)17(2)12-25(29)27-10-7-11-28(3)4/h6,8-9,12-16H,5,7,10-11H2,1-4H3,(H,27,29)/b17-12+. The van der Waals surface area contributed by atoms with Crippen LogP contribution in [-0.4, -0.2) is 44.6 Å². The lowest BCUT2D eigenvalue weighted by atomic mass is 9.99. The summed E-state index contributed by atoms with van der Waals surface area (Å²) in [5.41, 5.74) is 4.54. The largest absolute Gasteiger partial charge is 0.493 e. The van der Waals surface area contributed by atoms with E-state index in [0.717, 1.165) is 50.7 Å². The fourth-order valence-corrected chi connectivity index (χ4v) is 3.85. The average Bonchev–Trinajstić information content (AvgIpc) is 3.13. The Labute approximate surface area is 192 Å². The van der Waals surface area contributed by atoms with Crippen molar-refractivity contribution in [3.63, 3.8) is 0 Å². The van der Waals surface area contributed by atoms with E-state index in [1.165, 1.54) is 0 Å². The van der Waals surface area contributed by atoms with Gasteiger partial charge in [0.2, 0.25) is 5.91 Å². The lowest BCUT2D eigenvalue weighted by Gasteiger charge is -2.12. The molecule has 1 amide bonds. The topological polar surface area (TPSA) is 54.7 Å². The number of hydrogen-bond donors (Lipinski definition) is 1. The quantitative estimate of drug-likeness (QED) is 0.311. The molecule has 0 saturated carbocycles. The van der Waals surface area contributed by atoms with Crippen LogP contribution in [0.15, 0.2) is 57.6 Å². The van der Waals surface area contributed by atoms with Crippen molar-refractivity contribution in [2.45, 2.75) is 20.3 Å². The summed E-state index contributed by atoms with van der Waals surface area (Å²) in [6, 6.07) is 12.1. The molecule has 164 valence electrons. The molecule has 0 aliphatic carbocycles. The molecule has 0 saturated heterocycles. The van der Waals surface area contributed by atoms with Gasteiger partial charge < -0.3 is 19.4 Å². The van der Waals surface area contributed by atoms with Crippen molar-refractivity contribution in [1.82, 2.24) is 10.2 Å². The number of amides is 1. The smallest absolute Gasteiger partial charge is 0.244 e. The van der Waals surface area contributed by atoms with Gasteiger partial charge in [0, 0.05) is 39.7 Å². The number of hydrogen-bond acceptors (Lipinski definition) is 4. The minimum absolute atomic E-state index is 0.0989. The van der Waals surface area contributed by atoms with Gasteiger partial charge in [0.25, 0.3) is 0 Å². The highest BCUT2D eigenvalue weighted by Gasteiger charge is 2.15. The van der Waals surface area contributed by atoms with Crippen molar-refractivity contribution in [3.05, 3.63) is 58.8 Å². The van der Waals surface area contributed by atoms with E-state index in [1.54, 1.807) is 12.3 Å². The minimum atomic E-state index is -0.0989. The number of halogens is 1. The van der Waals surface area contributed by atoms with Crippen LogP contribution in [0.1, 0.15) is 25.8 Å². The van der Waals surface area contributed by atoms with Crippen LogP contribution >= 0.6 is 15.9 Å². The second kappa shape index (κ2) is 10.6. The number of nitrogens with zero attached hydrogens (tertiary/aromatic N) is 1. The van der Waals surface area contributed by atoms with Gasteiger partial charge in [-0.3, -0.25) is 4.79 Å². The van der Waals surface area contributed by atoms with Crippen LogP contribution in [0.3, 0.4) is 0 Å². The molecule has 0 aliphatic heterocycles. The van der Waals surface area contributed by atoms with Crippen molar-refractivity contribution in [2.24, 2.45) is 0 Å². The zero-order valence-electron chi connectivity index (χ0n) is 18.5. The average molecular weight is 485 g/mol. The first-order chi connectivity index (χ1) is 14.9. The van der Waals surface area contributed by atoms with Gasteiger partial charge in [-0.1, -0.05) is 28.1 Å². The highest BCUT2D eigenvalue weighted by Crippen LogP contribution is 2.38. The van der Waals surface area contributed by atoms with E-state index in [1.807, 2.05) is 52.2 Å². The molecule has 2 aromatic carbocycles. The summed E-state index contributed by atoms with van der Waals surface area (Å²) in [6.07, 6.45) is 4.31. The number of ether oxygens (including phenoxy) is 1. The molecular formula is C25H29BrN2O3. The van der Waals surface area contributed by atoms with E-state index >= 15 is 0 Å². The van der Waals surface area contributed by atoms with Crippen molar-refractivity contribution in [1.29, 1.82) is 0 Å². The maximum atomic E-state index is 12.4. The van der Waals surface area contributed by atoms with Crippen LogP contribution in [-0.2, 0) is 4.79 Å². The Morgan fingerprint density at radius 2 is 2.06 bits per heavy atom. The highest BCUT2D eigenvalue weighted by atomic mass is 79.9. The van der Waals surface area contributed by atoms with Gasteiger partial charge in [-0.05, 0) is 70.2 Å². The Bertz CT molecular complexity index is 1090. The van der Waals surface area contributed by atoms with Crippen molar-refractivity contribution >= 4 is 38.4 Å². The molecule has 1 N–H and O–H groups in total. The van der Waals surface area contributed by atoms with Gasteiger partial charge in [0.15, 0.2) is 0 Å². The molecule has 31 heavy (non-hydrogen) atoms. The molecular weight excluding hydrogens is 456 g/mol. The summed E-state index contributed by atoms with van der Waals surface area (Å²) in [7, 11) is 4.05. The summed E-state index contributed by atoms with van der Waals surface area (Å²) in [4.78, 5) is 14.5. The summed E-state index contributed by atoms with van der Waals surface area (Å²) >= 11 is 3.54. The summed E-state index contributed by atoms with van der Waals surface area (Å²) < 4.78 is 12.7. The molecule has 1 aromatic heterocycles. The van der Waals surface area contributed by atoms with Gasteiger partial charge in [-0.15, -0.1) is 0 Å². The molecule has 3 aromatic rings. The number of carbonyl (C=O) groups excluding carboxylic acids is 1. The third-order valence-electron chi connectivity index (χ3n) is 4.96. The van der Waals surface area contributed by atoms with Crippen LogP contribution < -0.4 is 10.1 Å². The van der Waals surface area contributed by atoms with Gasteiger partial charge in [0.05, 0.1) is 12.9 Å². The molecule has 0 fully saturated rings. The van der Waals surface area contributed by atoms with E-state index in [9.17, 15) is 4.79 Å². The van der Waals surface area contributed by atoms with Gasteiger partial charge in [-0.2, -0.15) is 0 Å². The van der Waals surface area contributed by atoms with E-state index < -0.39 is 0 Å². The summed E-state index contributed by atoms with van der Waals surface area (Å²) in [5, 5.41) is 3.94. The molecule has 1 heterocycles. The van der Waals surface area contributed by atoms with Crippen LogP contribution in [0, 0.1) is 0 Å². The van der Waals surface area contributed by atoms with Crippen LogP contribution in [0.25, 0.3) is 27.7 Å². The molecule has 0 unspecified atom stereocenters. The first-order valence-electron chi connectivity index (χ1n) is 10.4. The van der Waals surface area contributed by atoms with E-state index in [2.05, 4.69) is 38.3 Å². The van der Waals surface area contributed by atoms with Gasteiger partial charge in [0.1, 0.15) is 11.3 Å². The number of rotatable bonds is 9. The molecule has 0 bridgehead atoms. The second-order valence-electron chi connectivity index (χ2n) is 7.71. The van der Waals surface area contributed by atoms with Crippen molar-refractivity contribution in [3.8, 4) is 16.9 Å². The predicted molar refractivity (Wildman–Crippen MR) is 130 cm³/mol. The predicted octanol–water partition coefficient (Wildman–Crippen LogP) is 5.73. The Balaban J connectivity index is 1.93.